The highest BCUT2D eigenvalue weighted by Gasteiger charge is 2.15. The lowest BCUT2D eigenvalue weighted by Crippen LogP contribution is -2.04. The lowest BCUT2D eigenvalue weighted by Gasteiger charge is -2.10. The van der Waals surface area contributed by atoms with Gasteiger partial charge in [0, 0.05) is 12.1 Å². The zero-order chi connectivity index (χ0) is 14.7. The Morgan fingerprint density at radius 3 is 2.70 bits per heavy atom. The molecule has 0 aliphatic carbocycles. The van der Waals surface area contributed by atoms with Crippen LogP contribution < -0.4 is 4.74 Å². The zero-order valence-corrected chi connectivity index (χ0v) is 10.9. The van der Waals surface area contributed by atoms with Gasteiger partial charge in [0.1, 0.15) is 22.9 Å². The summed E-state index contributed by atoms with van der Waals surface area (Å²) in [6, 6.07) is 4.25. The number of aromatic nitrogens is 1. The van der Waals surface area contributed by atoms with Gasteiger partial charge >= 0.3 is 5.97 Å². The third kappa shape index (κ3) is 3.03. The lowest BCUT2D eigenvalue weighted by atomic mass is 10.2. The summed E-state index contributed by atoms with van der Waals surface area (Å²) in [5.74, 6) is -2.25. The Balaban J connectivity index is 2.38. The Labute approximate surface area is 117 Å². The van der Waals surface area contributed by atoms with E-state index < -0.39 is 17.6 Å². The van der Waals surface area contributed by atoms with Gasteiger partial charge in [0.15, 0.2) is 11.0 Å². The standard InChI is InChI=1S/C13H8ClF2NO3/c1-19-13(18)9-3-2-7(15)4-11(9)20-8-5-10(16)12(14)17-6-8/h2-6H,1H3. The molecule has 104 valence electrons. The van der Waals surface area contributed by atoms with E-state index in [0.29, 0.717) is 0 Å². The lowest BCUT2D eigenvalue weighted by molar-refractivity contribution is 0.0598. The summed E-state index contributed by atoms with van der Waals surface area (Å²) >= 11 is 5.44. The summed E-state index contributed by atoms with van der Waals surface area (Å²) < 4.78 is 36.3. The van der Waals surface area contributed by atoms with Crippen LogP contribution in [0, 0.1) is 11.6 Å². The number of rotatable bonds is 3. The fourth-order valence-electron chi connectivity index (χ4n) is 1.45. The molecule has 4 nitrogen and oxygen atoms in total. The van der Waals surface area contributed by atoms with Crippen LogP contribution in [0.15, 0.2) is 30.5 Å². The van der Waals surface area contributed by atoms with Crippen molar-refractivity contribution in [3.8, 4) is 11.5 Å². The molecule has 1 aromatic heterocycles. The molecule has 0 aliphatic heterocycles. The first-order valence-electron chi connectivity index (χ1n) is 5.38. The Morgan fingerprint density at radius 2 is 2.05 bits per heavy atom. The van der Waals surface area contributed by atoms with Crippen LogP contribution in [0.3, 0.4) is 0 Å². The summed E-state index contributed by atoms with van der Waals surface area (Å²) in [6.07, 6.45) is 1.15. The summed E-state index contributed by atoms with van der Waals surface area (Å²) in [5.41, 5.74) is 0.00394. The largest absolute Gasteiger partial charge is 0.465 e. The SMILES string of the molecule is COC(=O)c1ccc(F)cc1Oc1cnc(Cl)c(F)c1. The van der Waals surface area contributed by atoms with E-state index in [-0.39, 0.29) is 22.2 Å². The molecule has 0 aliphatic rings. The van der Waals surface area contributed by atoms with Crippen molar-refractivity contribution in [1.29, 1.82) is 0 Å². The van der Waals surface area contributed by atoms with Gasteiger partial charge in [0.05, 0.1) is 13.3 Å². The maximum atomic E-state index is 13.2. The van der Waals surface area contributed by atoms with Crippen molar-refractivity contribution < 1.29 is 23.0 Å². The third-order valence-electron chi connectivity index (χ3n) is 2.35. The summed E-state index contributed by atoms with van der Waals surface area (Å²) in [4.78, 5) is 15.1. The molecular formula is C13H8ClF2NO3. The number of hydrogen-bond acceptors (Lipinski definition) is 4. The van der Waals surface area contributed by atoms with Gasteiger partial charge < -0.3 is 9.47 Å². The van der Waals surface area contributed by atoms with Gasteiger partial charge in [-0.2, -0.15) is 0 Å². The minimum absolute atomic E-state index is 0.00394. The molecule has 0 bridgehead atoms. The molecule has 1 aromatic carbocycles. The first-order chi connectivity index (χ1) is 9.51. The van der Waals surface area contributed by atoms with E-state index in [1.54, 1.807) is 0 Å². The fourth-order valence-corrected chi connectivity index (χ4v) is 1.55. The van der Waals surface area contributed by atoms with E-state index in [2.05, 4.69) is 9.72 Å². The first-order valence-corrected chi connectivity index (χ1v) is 5.76. The van der Waals surface area contributed by atoms with Crippen molar-refractivity contribution in [2.24, 2.45) is 0 Å². The molecule has 0 radical (unpaired) electrons. The molecule has 0 saturated carbocycles. The minimum Gasteiger partial charge on any atom is -0.465 e. The van der Waals surface area contributed by atoms with Crippen molar-refractivity contribution >= 4 is 17.6 Å². The van der Waals surface area contributed by atoms with Crippen LogP contribution in [0.2, 0.25) is 5.15 Å². The molecule has 0 fully saturated rings. The first kappa shape index (κ1) is 14.2. The molecule has 0 atom stereocenters. The summed E-state index contributed by atoms with van der Waals surface area (Å²) in [7, 11) is 1.18. The van der Waals surface area contributed by atoms with Crippen LogP contribution in [-0.4, -0.2) is 18.1 Å². The number of ether oxygens (including phenoxy) is 2. The van der Waals surface area contributed by atoms with Gasteiger partial charge in [0.25, 0.3) is 0 Å². The second-order valence-electron chi connectivity index (χ2n) is 3.68. The van der Waals surface area contributed by atoms with E-state index in [1.165, 1.54) is 13.2 Å². The molecule has 20 heavy (non-hydrogen) atoms. The van der Waals surface area contributed by atoms with Crippen LogP contribution in [0.4, 0.5) is 8.78 Å². The van der Waals surface area contributed by atoms with Gasteiger partial charge in [-0.3, -0.25) is 0 Å². The number of methoxy groups -OCH3 is 1. The second-order valence-corrected chi connectivity index (χ2v) is 4.04. The maximum absolute atomic E-state index is 13.2. The number of hydrogen-bond donors (Lipinski definition) is 0. The molecular weight excluding hydrogens is 292 g/mol. The smallest absolute Gasteiger partial charge is 0.341 e. The van der Waals surface area contributed by atoms with E-state index in [9.17, 15) is 13.6 Å². The molecule has 0 saturated heterocycles. The van der Waals surface area contributed by atoms with Gasteiger partial charge in [-0.1, -0.05) is 11.6 Å². The molecule has 0 unspecified atom stereocenters. The number of esters is 1. The van der Waals surface area contributed by atoms with Crippen LogP contribution in [-0.2, 0) is 4.74 Å². The molecule has 2 aromatic rings. The summed E-state index contributed by atoms with van der Waals surface area (Å²) in [6.45, 7) is 0. The van der Waals surface area contributed by atoms with Crippen molar-refractivity contribution in [2.45, 2.75) is 0 Å². The number of halogens is 3. The van der Waals surface area contributed by atoms with E-state index in [0.717, 1.165) is 24.4 Å². The second kappa shape index (κ2) is 5.83. The third-order valence-corrected chi connectivity index (χ3v) is 2.63. The van der Waals surface area contributed by atoms with Crippen molar-refractivity contribution in [1.82, 2.24) is 4.98 Å². The van der Waals surface area contributed by atoms with Crippen LogP contribution in [0.25, 0.3) is 0 Å². The number of carbonyl (C=O) groups is 1. The number of pyridine rings is 1. The van der Waals surface area contributed by atoms with Crippen LogP contribution in [0.1, 0.15) is 10.4 Å². The van der Waals surface area contributed by atoms with Crippen molar-refractivity contribution in [3.63, 3.8) is 0 Å². The monoisotopic (exact) mass is 299 g/mol. The predicted octanol–water partition coefficient (Wildman–Crippen LogP) is 3.59. The molecule has 7 heteroatoms. The van der Waals surface area contributed by atoms with Crippen LogP contribution >= 0.6 is 11.6 Å². The Hall–Kier alpha value is -2.21. The van der Waals surface area contributed by atoms with Crippen LogP contribution in [0.5, 0.6) is 11.5 Å². The van der Waals surface area contributed by atoms with Gasteiger partial charge in [-0.15, -0.1) is 0 Å². The number of nitrogens with zero attached hydrogens (tertiary/aromatic N) is 1. The van der Waals surface area contributed by atoms with Gasteiger partial charge in [-0.25, -0.2) is 18.6 Å². The fraction of sp³-hybridized carbons (Fsp3) is 0.0769. The van der Waals surface area contributed by atoms with Crippen molar-refractivity contribution in [2.75, 3.05) is 7.11 Å². The normalized spacial score (nSPS) is 10.2. The average molecular weight is 300 g/mol. The van der Waals surface area contributed by atoms with Crippen molar-refractivity contribution in [3.05, 3.63) is 52.8 Å². The summed E-state index contributed by atoms with van der Waals surface area (Å²) in [5, 5.41) is -0.315. The Morgan fingerprint density at radius 1 is 1.30 bits per heavy atom. The quantitative estimate of drug-likeness (QED) is 0.642. The van der Waals surface area contributed by atoms with Gasteiger partial charge in [0.2, 0.25) is 0 Å². The highest BCUT2D eigenvalue weighted by molar-refractivity contribution is 6.29. The molecule has 0 spiro atoms. The molecule has 0 amide bonds. The van der Waals surface area contributed by atoms with E-state index in [4.69, 9.17) is 16.3 Å². The predicted molar refractivity (Wildman–Crippen MR) is 67.0 cm³/mol. The Bertz CT molecular complexity index is 664. The maximum Gasteiger partial charge on any atom is 0.341 e. The highest BCUT2D eigenvalue weighted by Crippen LogP contribution is 2.28. The molecule has 1 heterocycles. The topological polar surface area (TPSA) is 48.4 Å². The number of carbonyl (C=O) groups excluding carboxylic acids is 1. The Kier molecular flexibility index (Phi) is 4.14. The van der Waals surface area contributed by atoms with Gasteiger partial charge in [-0.05, 0) is 12.1 Å². The van der Waals surface area contributed by atoms with E-state index >= 15 is 0 Å². The van der Waals surface area contributed by atoms with E-state index in [1.807, 2.05) is 0 Å². The zero-order valence-electron chi connectivity index (χ0n) is 10.2. The molecule has 2 rings (SSSR count). The number of benzene rings is 1. The minimum atomic E-state index is -0.791. The molecule has 0 N–H and O–H groups in total. The average Bonchev–Trinajstić information content (AvgIpc) is 2.42. The highest BCUT2D eigenvalue weighted by atomic mass is 35.5.